The number of carbonyl (C=O) groups is 2. The summed E-state index contributed by atoms with van der Waals surface area (Å²) in [5.41, 5.74) is 3.28. The van der Waals surface area contributed by atoms with Crippen LogP contribution in [0.25, 0.3) is 0 Å². The van der Waals surface area contributed by atoms with Gasteiger partial charge in [-0.05, 0) is 30.4 Å². The normalized spacial score (nSPS) is 12.0. The molecule has 0 spiro atoms. The van der Waals surface area contributed by atoms with Crippen LogP contribution in [0.2, 0.25) is 0 Å². The van der Waals surface area contributed by atoms with Crippen LogP contribution in [0.3, 0.4) is 0 Å². The molecule has 2 aromatic rings. The molecule has 0 fully saturated rings. The molecule has 1 unspecified atom stereocenters. The first-order valence-electron chi connectivity index (χ1n) is 7.75. The topological polar surface area (TPSA) is 34.1 Å². The molecule has 0 saturated heterocycles. The number of Topliss-reactive ketones (excluding diaryl/α,β-unsaturated/α-hetero) is 2. The van der Waals surface area contributed by atoms with E-state index in [9.17, 15) is 9.59 Å². The van der Waals surface area contributed by atoms with Crippen LogP contribution in [0, 0.1) is 0 Å². The quantitative estimate of drug-likeness (QED) is 0.715. The second-order valence-electron chi connectivity index (χ2n) is 5.76. The molecule has 0 saturated carbocycles. The summed E-state index contributed by atoms with van der Waals surface area (Å²) in [6, 6.07) is 15.2. The molecule has 0 N–H and O–H groups in total. The molecule has 0 aliphatic heterocycles. The van der Waals surface area contributed by atoms with Crippen molar-refractivity contribution in [3.05, 3.63) is 70.8 Å². The fourth-order valence-electron chi connectivity index (χ4n) is 2.56. The molecule has 22 heavy (non-hydrogen) atoms. The number of carbonyl (C=O) groups excluding carboxylic acids is 2. The number of hydrogen-bond acceptors (Lipinski definition) is 2. The van der Waals surface area contributed by atoms with Crippen LogP contribution >= 0.6 is 0 Å². The van der Waals surface area contributed by atoms with E-state index in [0.29, 0.717) is 23.5 Å². The maximum atomic E-state index is 12.5. The first-order valence-corrected chi connectivity index (χ1v) is 7.75. The van der Waals surface area contributed by atoms with Crippen LogP contribution in [0.15, 0.2) is 48.5 Å². The van der Waals surface area contributed by atoms with Crippen molar-refractivity contribution >= 4 is 11.6 Å². The molecule has 0 bridgehead atoms. The van der Waals surface area contributed by atoms with Gasteiger partial charge in [0.1, 0.15) is 0 Å². The third kappa shape index (κ3) is 3.70. The Morgan fingerprint density at radius 3 is 2.32 bits per heavy atom. The summed E-state index contributed by atoms with van der Waals surface area (Å²) in [5.74, 6) is 0.406. The predicted molar refractivity (Wildman–Crippen MR) is 89.6 cm³/mol. The van der Waals surface area contributed by atoms with E-state index >= 15 is 0 Å². The fourth-order valence-corrected chi connectivity index (χ4v) is 2.56. The van der Waals surface area contributed by atoms with Crippen molar-refractivity contribution in [1.82, 2.24) is 0 Å². The van der Waals surface area contributed by atoms with E-state index in [2.05, 4.69) is 26.0 Å². The predicted octanol–water partition coefficient (Wildman–Crippen LogP) is 4.83. The Hall–Kier alpha value is -2.22. The van der Waals surface area contributed by atoms with Gasteiger partial charge in [0.2, 0.25) is 0 Å². The highest BCUT2D eigenvalue weighted by molar-refractivity contribution is 6.08. The summed E-state index contributed by atoms with van der Waals surface area (Å²) in [5, 5.41) is 0. The summed E-state index contributed by atoms with van der Waals surface area (Å²) in [4.78, 5) is 24.2. The van der Waals surface area contributed by atoms with E-state index in [0.717, 1.165) is 12.0 Å². The maximum Gasteiger partial charge on any atom is 0.167 e. The fraction of sp³-hybridized carbons (Fsp3) is 0.300. The lowest BCUT2D eigenvalue weighted by molar-refractivity contribution is 0.0969. The van der Waals surface area contributed by atoms with Crippen LogP contribution in [0.1, 0.15) is 65.0 Å². The molecule has 0 aromatic heterocycles. The SMILES string of the molecule is CCC(C)c1cccc(CC(=O)c2ccccc2C(C)=O)c1. The second kappa shape index (κ2) is 7.17. The molecule has 2 nitrogen and oxygen atoms in total. The second-order valence-corrected chi connectivity index (χ2v) is 5.76. The molecule has 2 heteroatoms. The van der Waals surface area contributed by atoms with Gasteiger partial charge in [0.15, 0.2) is 11.6 Å². The average Bonchev–Trinajstić information content (AvgIpc) is 2.54. The highest BCUT2D eigenvalue weighted by Gasteiger charge is 2.14. The van der Waals surface area contributed by atoms with Gasteiger partial charge in [-0.1, -0.05) is 62.4 Å². The van der Waals surface area contributed by atoms with E-state index in [1.54, 1.807) is 24.3 Å². The molecule has 2 aromatic carbocycles. The minimum absolute atomic E-state index is 0.00731. The van der Waals surface area contributed by atoms with Crippen molar-refractivity contribution < 1.29 is 9.59 Å². The molecule has 0 heterocycles. The minimum Gasteiger partial charge on any atom is -0.294 e. The molecule has 0 aliphatic rings. The highest BCUT2D eigenvalue weighted by atomic mass is 16.1. The summed E-state index contributed by atoms with van der Waals surface area (Å²) < 4.78 is 0. The van der Waals surface area contributed by atoms with Crippen molar-refractivity contribution in [3.63, 3.8) is 0 Å². The largest absolute Gasteiger partial charge is 0.294 e. The first kappa shape index (κ1) is 16.2. The number of rotatable bonds is 6. The monoisotopic (exact) mass is 294 g/mol. The van der Waals surface area contributed by atoms with Crippen molar-refractivity contribution in [3.8, 4) is 0 Å². The lowest BCUT2D eigenvalue weighted by atomic mass is 9.93. The van der Waals surface area contributed by atoms with Crippen LogP contribution in [0.5, 0.6) is 0 Å². The molecule has 0 radical (unpaired) electrons. The van der Waals surface area contributed by atoms with Crippen LogP contribution in [0.4, 0.5) is 0 Å². The van der Waals surface area contributed by atoms with E-state index in [1.807, 2.05) is 12.1 Å². The van der Waals surface area contributed by atoms with Gasteiger partial charge >= 0.3 is 0 Å². The van der Waals surface area contributed by atoms with E-state index < -0.39 is 0 Å². The Morgan fingerprint density at radius 2 is 1.68 bits per heavy atom. The van der Waals surface area contributed by atoms with Crippen molar-refractivity contribution in [2.75, 3.05) is 0 Å². The summed E-state index contributed by atoms with van der Waals surface area (Å²) in [6.45, 7) is 5.84. The van der Waals surface area contributed by atoms with Gasteiger partial charge in [-0.3, -0.25) is 9.59 Å². The van der Waals surface area contributed by atoms with Gasteiger partial charge in [0, 0.05) is 17.5 Å². The molecule has 1 atom stereocenters. The zero-order valence-corrected chi connectivity index (χ0v) is 13.4. The molecule has 114 valence electrons. The van der Waals surface area contributed by atoms with Crippen molar-refractivity contribution in [1.29, 1.82) is 0 Å². The van der Waals surface area contributed by atoms with Gasteiger partial charge in [0.05, 0.1) is 0 Å². The smallest absolute Gasteiger partial charge is 0.167 e. The summed E-state index contributed by atoms with van der Waals surface area (Å²) in [6.07, 6.45) is 1.40. The Labute approximate surface area is 132 Å². The summed E-state index contributed by atoms with van der Waals surface area (Å²) >= 11 is 0. The van der Waals surface area contributed by atoms with Gasteiger partial charge in [-0.2, -0.15) is 0 Å². The zero-order valence-electron chi connectivity index (χ0n) is 13.4. The number of benzene rings is 2. The van der Waals surface area contributed by atoms with E-state index in [-0.39, 0.29) is 11.6 Å². The summed E-state index contributed by atoms with van der Waals surface area (Å²) in [7, 11) is 0. The Balaban J connectivity index is 2.25. The molecular weight excluding hydrogens is 272 g/mol. The molecule has 0 amide bonds. The van der Waals surface area contributed by atoms with Gasteiger partial charge in [-0.15, -0.1) is 0 Å². The van der Waals surface area contributed by atoms with Gasteiger partial charge in [-0.25, -0.2) is 0 Å². The molecule has 0 aliphatic carbocycles. The number of ketones is 2. The maximum absolute atomic E-state index is 12.5. The molecular formula is C20H22O2. The lowest BCUT2D eigenvalue weighted by Crippen LogP contribution is -2.09. The van der Waals surface area contributed by atoms with Crippen LogP contribution in [-0.2, 0) is 6.42 Å². The molecule has 2 rings (SSSR count). The Bertz CT molecular complexity index is 686. The lowest BCUT2D eigenvalue weighted by Gasteiger charge is -2.11. The Morgan fingerprint density at radius 1 is 1.00 bits per heavy atom. The third-order valence-electron chi connectivity index (χ3n) is 4.10. The number of hydrogen-bond donors (Lipinski definition) is 0. The van der Waals surface area contributed by atoms with E-state index in [1.165, 1.54) is 12.5 Å². The first-order chi connectivity index (χ1) is 10.5. The highest BCUT2D eigenvalue weighted by Crippen LogP contribution is 2.21. The standard InChI is InChI=1S/C20H22O2/c1-4-14(2)17-9-7-8-16(12-17)13-20(22)19-11-6-5-10-18(19)15(3)21/h5-12,14H,4,13H2,1-3H3. The Kier molecular flexibility index (Phi) is 5.26. The zero-order chi connectivity index (χ0) is 16.1. The van der Waals surface area contributed by atoms with Gasteiger partial charge < -0.3 is 0 Å². The average molecular weight is 294 g/mol. The van der Waals surface area contributed by atoms with Crippen LogP contribution < -0.4 is 0 Å². The minimum atomic E-state index is -0.0719. The third-order valence-corrected chi connectivity index (χ3v) is 4.10. The van der Waals surface area contributed by atoms with Crippen molar-refractivity contribution in [2.45, 2.75) is 39.5 Å². The van der Waals surface area contributed by atoms with Gasteiger partial charge in [0.25, 0.3) is 0 Å². The van der Waals surface area contributed by atoms with Crippen LogP contribution in [-0.4, -0.2) is 11.6 Å². The van der Waals surface area contributed by atoms with Crippen molar-refractivity contribution in [2.24, 2.45) is 0 Å². The van der Waals surface area contributed by atoms with E-state index in [4.69, 9.17) is 0 Å².